The highest BCUT2D eigenvalue weighted by atomic mass is 16.5. The molecule has 0 saturated heterocycles. The molecule has 1 heterocycles. The molecule has 1 aromatic heterocycles. The number of pyridine rings is 1. The van der Waals surface area contributed by atoms with Gasteiger partial charge in [-0.1, -0.05) is 30.3 Å². The van der Waals surface area contributed by atoms with Crippen LogP contribution in [-0.2, 0) is 17.8 Å². The Balaban J connectivity index is 0.00000148. The number of nitrogens with zero attached hydrogens (tertiary/aromatic N) is 1. The minimum absolute atomic E-state index is 0.133. The number of aromatic nitrogens is 1. The van der Waals surface area contributed by atoms with E-state index in [1.165, 1.54) is 28.1 Å². The Bertz CT molecular complexity index is 931. The van der Waals surface area contributed by atoms with Gasteiger partial charge in [0.2, 0.25) is 0 Å². The first-order valence-electron chi connectivity index (χ1n) is 10.0. The minimum Gasteiger partial charge on any atom is -0.506 e. The molecule has 3 rings (SSSR count). The van der Waals surface area contributed by atoms with Crippen molar-refractivity contribution in [3.05, 3.63) is 77.5 Å². The molecule has 0 aliphatic heterocycles. The molecule has 0 aliphatic carbocycles. The van der Waals surface area contributed by atoms with Crippen molar-refractivity contribution in [1.82, 2.24) is 4.98 Å². The number of rotatable bonds is 5. The van der Waals surface area contributed by atoms with Crippen molar-refractivity contribution >= 4 is 5.97 Å². The Morgan fingerprint density at radius 2 is 1.53 bits per heavy atom. The van der Waals surface area contributed by atoms with Crippen molar-refractivity contribution in [3.63, 3.8) is 0 Å². The van der Waals surface area contributed by atoms with Crippen LogP contribution >= 0.6 is 0 Å². The summed E-state index contributed by atoms with van der Waals surface area (Å²) >= 11 is 0. The number of carbonyl (C=O) groups excluding carboxylic acids is 1. The maximum absolute atomic E-state index is 11.0. The minimum atomic E-state index is -0.345. The lowest BCUT2D eigenvalue weighted by Gasteiger charge is -2.09. The Hall–Kier alpha value is -3.30. The van der Waals surface area contributed by atoms with Crippen LogP contribution in [0.5, 0.6) is 11.5 Å². The highest BCUT2D eigenvalue weighted by Gasteiger charge is 2.09. The van der Waals surface area contributed by atoms with Crippen LogP contribution in [0.15, 0.2) is 60.7 Å². The lowest BCUT2D eigenvalue weighted by molar-refractivity contribution is -0.131. The first-order chi connectivity index (χ1) is 15.5. The predicted molar refractivity (Wildman–Crippen MR) is 130 cm³/mol. The van der Waals surface area contributed by atoms with Crippen molar-refractivity contribution in [2.75, 3.05) is 21.1 Å². The molecule has 174 valence electrons. The summed E-state index contributed by atoms with van der Waals surface area (Å²) < 4.78 is 5.04. The zero-order valence-corrected chi connectivity index (χ0v) is 19.2. The van der Waals surface area contributed by atoms with Crippen LogP contribution < -0.4 is 27.7 Å². The zero-order valence-electron chi connectivity index (χ0n) is 19.2. The van der Waals surface area contributed by atoms with Crippen LogP contribution in [0.4, 0.5) is 0 Å². The molecule has 0 spiro atoms. The van der Waals surface area contributed by atoms with E-state index in [0.717, 1.165) is 22.4 Å². The monoisotopic (exact) mass is 441 g/mol. The van der Waals surface area contributed by atoms with E-state index in [4.69, 9.17) is 10.5 Å². The van der Waals surface area contributed by atoms with E-state index in [1.807, 2.05) is 36.4 Å². The largest absolute Gasteiger partial charge is 0.506 e. The number of esters is 1. The number of nitrogens with two attached hydrogens (primary N) is 4. The maximum Gasteiger partial charge on any atom is 0.308 e. The lowest BCUT2D eigenvalue weighted by Crippen LogP contribution is -2.01. The summed E-state index contributed by atoms with van der Waals surface area (Å²) in [6, 6.07) is 18.4. The van der Waals surface area contributed by atoms with Crippen LogP contribution in [0, 0.1) is 0 Å². The van der Waals surface area contributed by atoms with Gasteiger partial charge in [-0.2, -0.15) is 0 Å². The van der Waals surface area contributed by atoms with Crippen LogP contribution in [-0.4, -0.2) is 37.2 Å². The van der Waals surface area contributed by atoms with E-state index in [0.29, 0.717) is 24.4 Å². The van der Waals surface area contributed by atoms with Gasteiger partial charge in [0.15, 0.2) is 0 Å². The van der Waals surface area contributed by atoms with Crippen LogP contribution in [0.25, 0.3) is 11.3 Å². The van der Waals surface area contributed by atoms with Gasteiger partial charge in [0.1, 0.15) is 17.2 Å². The van der Waals surface area contributed by atoms with Crippen molar-refractivity contribution in [2.45, 2.75) is 19.9 Å². The molecular weight excluding hydrogens is 406 g/mol. The normalized spacial score (nSPS) is 9.12. The first kappa shape index (κ1) is 28.7. The summed E-state index contributed by atoms with van der Waals surface area (Å²) in [5, 5.41) is 10.2. The third kappa shape index (κ3) is 9.23. The molecule has 0 amide bonds. The van der Waals surface area contributed by atoms with E-state index < -0.39 is 0 Å². The highest BCUT2D eigenvalue weighted by molar-refractivity contribution is 5.69. The van der Waals surface area contributed by atoms with Gasteiger partial charge in [0.25, 0.3) is 0 Å². The molecule has 0 saturated carbocycles. The molecular formula is C24H35N5O3. The average molecular weight is 442 g/mol. The van der Waals surface area contributed by atoms with Gasteiger partial charge in [-0.05, 0) is 62.6 Å². The standard InChI is InChI=1S/C21H20N2O3.3CH5N/c1-14(24)26-19-8-5-15(6-9-19)12-18-7-10-20(25)21(23-18)17-4-2-3-16(11-17)13-22;3*1-2/h2-11,25H,12-13,22H2,1H3;3*2H2,1H3. The highest BCUT2D eigenvalue weighted by Crippen LogP contribution is 2.28. The molecule has 0 unspecified atom stereocenters. The SMILES string of the molecule is CC(=O)Oc1ccc(Cc2ccc(O)c(-c3cccc(CN)c3)n2)cc1.CN.CN.CN. The quantitative estimate of drug-likeness (QED) is 0.297. The third-order valence-corrected chi connectivity index (χ3v) is 3.94. The van der Waals surface area contributed by atoms with Crippen LogP contribution in [0.3, 0.4) is 0 Å². The van der Waals surface area contributed by atoms with Crippen LogP contribution in [0.2, 0.25) is 0 Å². The molecule has 2 aromatic carbocycles. The fourth-order valence-electron chi connectivity index (χ4n) is 2.70. The van der Waals surface area contributed by atoms with Crippen molar-refractivity contribution < 1.29 is 14.6 Å². The molecule has 0 atom stereocenters. The van der Waals surface area contributed by atoms with Crippen LogP contribution in [0.1, 0.15) is 23.7 Å². The maximum atomic E-state index is 11.0. The van der Waals surface area contributed by atoms with Crippen molar-refractivity contribution in [1.29, 1.82) is 0 Å². The summed E-state index contributed by atoms with van der Waals surface area (Å²) in [7, 11) is 4.50. The Morgan fingerprint density at radius 1 is 0.906 bits per heavy atom. The van der Waals surface area contributed by atoms with Crippen molar-refractivity contribution in [2.24, 2.45) is 22.9 Å². The third-order valence-electron chi connectivity index (χ3n) is 3.94. The van der Waals surface area contributed by atoms with Gasteiger partial charge < -0.3 is 32.8 Å². The fourth-order valence-corrected chi connectivity index (χ4v) is 2.70. The number of hydrogen-bond donors (Lipinski definition) is 5. The summed E-state index contributed by atoms with van der Waals surface area (Å²) in [5.74, 6) is 0.301. The van der Waals surface area contributed by atoms with Gasteiger partial charge in [-0.15, -0.1) is 0 Å². The van der Waals surface area contributed by atoms with E-state index >= 15 is 0 Å². The Labute approximate surface area is 190 Å². The molecule has 0 aliphatic rings. The van der Waals surface area contributed by atoms with E-state index in [9.17, 15) is 9.90 Å². The summed E-state index contributed by atoms with van der Waals surface area (Å²) in [6.07, 6.45) is 0.601. The van der Waals surface area contributed by atoms with Gasteiger partial charge in [0, 0.05) is 31.1 Å². The van der Waals surface area contributed by atoms with E-state index in [1.54, 1.807) is 24.3 Å². The van der Waals surface area contributed by atoms with Gasteiger partial charge in [-0.25, -0.2) is 4.98 Å². The molecule has 9 N–H and O–H groups in total. The Kier molecular flexibility index (Phi) is 14.7. The van der Waals surface area contributed by atoms with Crippen molar-refractivity contribution in [3.8, 4) is 22.8 Å². The topological polar surface area (TPSA) is 164 Å². The molecule has 8 heteroatoms. The molecule has 0 radical (unpaired) electrons. The number of aromatic hydroxyl groups is 1. The molecule has 0 fully saturated rings. The van der Waals surface area contributed by atoms with Gasteiger partial charge in [-0.3, -0.25) is 4.79 Å². The number of carbonyl (C=O) groups is 1. The molecule has 0 bridgehead atoms. The molecule has 32 heavy (non-hydrogen) atoms. The predicted octanol–water partition coefficient (Wildman–Crippen LogP) is 2.15. The van der Waals surface area contributed by atoms with Gasteiger partial charge in [0.05, 0.1) is 0 Å². The average Bonchev–Trinajstić information content (AvgIpc) is 2.85. The molecule has 3 aromatic rings. The second-order valence-electron chi connectivity index (χ2n) is 5.99. The van der Waals surface area contributed by atoms with Gasteiger partial charge >= 0.3 is 5.97 Å². The number of ether oxygens (including phenoxy) is 1. The van der Waals surface area contributed by atoms with E-state index in [2.05, 4.69) is 22.2 Å². The second-order valence-corrected chi connectivity index (χ2v) is 5.99. The smallest absolute Gasteiger partial charge is 0.308 e. The lowest BCUT2D eigenvalue weighted by atomic mass is 10.0. The van der Waals surface area contributed by atoms with E-state index in [-0.39, 0.29) is 11.7 Å². The number of hydrogen-bond acceptors (Lipinski definition) is 8. The zero-order chi connectivity index (χ0) is 24.5. The summed E-state index contributed by atoms with van der Waals surface area (Å²) in [6.45, 7) is 1.80. The first-order valence-corrected chi connectivity index (χ1v) is 10.0. The summed E-state index contributed by atoms with van der Waals surface area (Å²) in [4.78, 5) is 15.6. The second kappa shape index (κ2) is 16.4. The summed E-state index contributed by atoms with van der Waals surface area (Å²) in [5.41, 5.74) is 23.4. The Morgan fingerprint density at radius 3 is 2.09 bits per heavy atom. The fraction of sp³-hybridized carbons (Fsp3) is 0.250. The number of benzene rings is 2. The molecule has 8 nitrogen and oxygen atoms in total.